The minimum Gasteiger partial charge on any atom is -0.396 e. The van der Waals surface area contributed by atoms with Crippen molar-refractivity contribution in [3.05, 3.63) is 0 Å². The van der Waals surface area contributed by atoms with E-state index in [0.717, 1.165) is 44.7 Å². The number of carbonyl (C=O) groups excluding carboxylic acids is 1. The molecule has 116 valence electrons. The second kappa shape index (κ2) is 7.41. The van der Waals surface area contributed by atoms with Crippen molar-refractivity contribution >= 4 is 5.91 Å². The van der Waals surface area contributed by atoms with Crippen LogP contribution in [0.3, 0.4) is 0 Å². The van der Waals surface area contributed by atoms with Crippen LogP contribution in [0, 0.1) is 11.8 Å². The quantitative estimate of drug-likeness (QED) is 0.826. The number of nitrogens with one attached hydrogen (secondary N) is 1. The van der Waals surface area contributed by atoms with Crippen LogP contribution in [-0.2, 0) is 4.79 Å². The highest BCUT2D eigenvalue weighted by molar-refractivity contribution is 5.81. The maximum absolute atomic E-state index is 12.4. The molecule has 4 nitrogen and oxygen atoms in total. The number of hydrogen-bond acceptors (Lipinski definition) is 3. The fourth-order valence-corrected chi connectivity index (χ4v) is 3.49. The van der Waals surface area contributed by atoms with Crippen molar-refractivity contribution in [2.45, 2.75) is 64.5 Å². The highest BCUT2D eigenvalue weighted by atomic mass is 16.3. The summed E-state index contributed by atoms with van der Waals surface area (Å²) in [6, 6.07) is 0.309. The van der Waals surface area contributed by atoms with Crippen LogP contribution >= 0.6 is 0 Å². The number of carbonyl (C=O) groups is 1. The first-order chi connectivity index (χ1) is 9.60. The lowest BCUT2D eigenvalue weighted by molar-refractivity contribution is -0.127. The van der Waals surface area contributed by atoms with E-state index in [4.69, 9.17) is 0 Å². The molecule has 2 N–H and O–H groups in total. The summed E-state index contributed by atoms with van der Waals surface area (Å²) >= 11 is 0. The molecule has 1 aliphatic carbocycles. The van der Waals surface area contributed by atoms with Gasteiger partial charge in [0.1, 0.15) is 0 Å². The van der Waals surface area contributed by atoms with E-state index in [9.17, 15) is 9.90 Å². The van der Waals surface area contributed by atoms with E-state index in [2.05, 4.69) is 17.1 Å². The molecule has 1 saturated carbocycles. The van der Waals surface area contributed by atoms with Crippen LogP contribution < -0.4 is 5.32 Å². The monoisotopic (exact) mass is 282 g/mol. The van der Waals surface area contributed by atoms with Crippen LogP contribution in [0.1, 0.15) is 52.4 Å². The zero-order valence-electron chi connectivity index (χ0n) is 13.0. The first-order valence-corrected chi connectivity index (χ1v) is 8.25. The Morgan fingerprint density at radius 1 is 1.30 bits per heavy atom. The topological polar surface area (TPSA) is 52.6 Å². The van der Waals surface area contributed by atoms with E-state index in [1.54, 1.807) is 0 Å². The van der Waals surface area contributed by atoms with Crippen molar-refractivity contribution in [2.75, 3.05) is 19.7 Å². The Balaban J connectivity index is 1.79. The van der Waals surface area contributed by atoms with Crippen LogP contribution in [0.25, 0.3) is 0 Å². The van der Waals surface area contributed by atoms with Crippen molar-refractivity contribution in [3.8, 4) is 0 Å². The molecule has 1 heterocycles. The molecule has 0 aromatic carbocycles. The zero-order chi connectivity index (χ0) is 14.5. The Labute approximate surface area is 122 Å². The molecule has 0 spiro atoms. The van der Waals surface area contributed by atoms with E-state index in [1.165, 1.54) is 12.8 Å². The van der Waals surface area contributed by atoms with Gasteiger partial charge in [0.15, 0.2) is 0 Å². The predicted molar refractivity (Wildman–Crippen MR) is 80.4 cm³/mol. The molecule has 20 heavy (non-hydrogen) atoms. The van der Waals surface area contributed by atoms with Crippen molar-refractivity contribution in [2.24, 2.45) is 11.8 Å². The highest BCUT2D eigenvalue weighted by Crippen LogP contribution is 2.24. The average molecular weight is 282 g/mol. The second-order valence-corrected chi connectivity index (χ2v) is 6.83. The average Bonchev–Trinajstić information content (AvgIpc) is 2.48. The fraction of sp³-hybridized carbons (Fsp3) is 0.938. The fourth-order valence-electron chi connectivity index (χ4n) is 3.49. The molecule has 2 fully saturated rings. The van der Waals surface area contributed by atoms with Gasteiger partial charge in [-0.15, -0.1) is 0 Å². The largest absolute Gasteiger partial charge is 0.396 e. The molecule has 0 radical (unpaired) electrons. The van der Waals surface area contributed by atoms with Gasteiger partial charge in [-0.3, -0.25) is 9.69 Å². The Morgan fingerprint density at radius 2 is 2.00 bits per heavy atom. The summed E-state index contributed by atoms with van der Waals surface area (Å²) in [5.41, 5.74) is 0. The van der Waals surface area contributed by atoms with Gasteiger partial charge in [0.2, 0.25) is 5.91 Å². The van der Waals surface area contributed by atoms with Gasteiger partial charge in [-0.25, -0.2) is 0 Å². The van der Waals surface area contributed by atoms with Gasteiger partial charge in [0.05, 0.1) is 6.04 Å². The van der Waals surface area contributed by atoms with Crippen LogP contribution in [0.15, 0.2) is 0 Å². The van der Waals surface area contributed by atoms with Crippen molar-refractivity contribution in [1.82, 2.24) is 10.2 Å². The summed E-state index contributed by atoms with van der Waals surface area (Å²) < 4.78 is 0. The van der Waals surface area contributed by atoms with E-state index in [1.807, 2.05) is 6.92 Å². The summed E-state index contributed by atoms with van der Waals surface area (Å²) in [6.45, 7) is 6.37. The maximum Gasteiger partial charge on any atom is 0.237 e. The molecule has 1 amide bonds. The van der Waals surface area contributed by atoms with E-state index in [-0.39, 0.29) is 18.6 Å². The molecule has 0 bridgehead atoms. The van der Waals surface area contributed by atoms with Crippen molar-refractivity contribution in [3.63, 3.8) is 0 Å². The predicted octanol–water partition coefficient (Wildman–Crippen LogP) is 1.77. The third-order valence-electron chi connectivity index (χ3n) is 5.10. The van der Waals surface area contributed by atoms with E-state index in [0.29, 0.717) is 12.0 Å². The van der Waals surface area contributed by atoms with Gasteiger partial charge in [0, 0.05) is 19.2 Å². The molecule has 1 aliphatic heterocycles. The summed E-state index contributed by atoms with van der Waals surface area (Å²) in [7, 11) is 0. The second-order valence-electron chi connectivity index (χ2n) is 6.83. The lowest BCUT2D eigenvalue weighted by atomic mass is 9.87. The van der Waals surface area contributed by atoms with Gasteiger partial charge < -0.3 is 10.4 Å². The number of aliphatic hydroxyl groups excluding tert-OH is 1. The molecule has 2 aliphatic rings. The molecule has 4 heteroatoms. The number of nitrogens with zero attached hydrogens (tertiary/aromatic N) is 1. The van der Waals surface area contributed by atoms with Crippen LogP contribution in [0.4, 0.5) is 0 Å². The van der Waals surface area contributed by atoms with Crippen molar-refractivity contribution in [1.29, 1.82) is 0 Å². The number of piperidine rings is 1. The highest BCUT2D eigenvalue weighted by Gasteiger charge is 2.28. The molecule has 2 unspecified atom stereocenters. The Hall–Kier alpha value is -0.610. The molecular weight excluding hydrogens is 252 g/mol. The maximum atomic E-state index is 12.4. The molecule has 2 rings (SSSR count). The molecule has 0 aromatic heterocycles. The molecular formula is C16H30N2O2. The van der Waals surface area contributed by atoms with Crippen LogP contribution in [0.5, 0.6) is 0 Å². The van der Waals surface area contributed by atoms with Gasteiger partial charge in [-0.1, -0.05) is 6.92 Å². The van der Waals surface area contributed by atoms with Gasteiger partial charge in [-0.2, -0.15) is 0 Å². The van der Waals surface area contributed by atoms with Gasteiger partial charge in [-0.05, 0) is 63.8 Å². The van der Waals surface area contributed by atoms with E-state index < -0.39 is 0 Å². The molecule has 1 saturated heterocycles. The molecule has 0 aromatic rings. The zero-order valence-corrected chi connectivity index (χ0v) is 13.0. The summed E-state index contributed by atoms with van der Waals surface area (Å²) in [5.74, 6) is 1.32. The number of amides is 1. The normalized spacial score (nSPS) is 33.6. The van der Waals surface area contributed by atoms with E-state index >= 15 is 0 Å². The summed E-state index contributed by atoms with van der Waals surface area (Å²) in [6.07, 6.45) is 6.88. The Kier molecular flexibility index (Phi) is 5.85. The summed E-state index contributed by atoms with van der Waals surface area (Å²) in [5, 5.41) is 12.5. The number of likely N-dealkylation sites (tertiary alicyclic amines) is 1. The minimum absolute atomic E-state index is 0.0660. The smallest absolute Gasteiger partial charge is 0.237 e. The van der Waals surface area contributed by atoms with Crippen molar-refractivity contribution < 1.29 is 9.90 Å². The van der Waals surface area contributed by atoms with Gasteiger partial charge in [0.25, 0.3) is 0 Å². The van der Waals surface area contributed by atoms with Gasteiger partial charge >= 0.3 is 0 Å². The van der Waals surface area contributed by atoms with Crippen LogP contribution in [-0.4, -0.2) is 47.7 Å². The summed E-state index contributed by atoms with van der Waals surface area (Å²) in [4.78, 5) is 14.6. The molecule has 2 atom stereocenters. The lowest BCUT2D eigenvalue weighted by Crippen LogP contribution is -2.51. The first-order valence-electron chi connectivity index (χ1n) is 8.25. The third kappa shape index (κ3) is 4.19. The Morgan fingerprint density at radius 3 is 2.65 bits per heavy atom. The SMILES string of the molecule is CC1CCC(NC(=O)C(C)N2CCCC(CO)C2)CC1. The number of aliphatic hydroxyl groups is 1. The lowest BCUT2D eigenvalue weighted by Gasteiger charge is -2.36. The Bertz CT molecular complexity index is 314. The minimum atomic E-state index is -0.0660. The number of rotatable bonds is 4. The first kappa shape index (κ1) is 15.8. The number of hydrogen-bond donors (Lipinski definition) is 2. The van der Waals surface area contributed by atoms with Crippen LogP contribution in [0.2, 0.25) is 0 Å². The standard InChI is InChI=1S/C16H30N2O2/c1-12-5-7-15(8-6-12)17-16(20)13(2)18-9-3-4-14(10-18)11-19/h12-15,19H,3-11H2,1-2H3,(H,17,20). The third-order valence-corrected chi connectivity index (χ3v) is 5.10.